The van der Waals surface area contributed by atoms with Crippen LogP contribution in [0.25, 0.3) is 31.3 Å². The molecule has 186 valence electrons. The highest BCUT2D eigenvalue weighted by Crippen LogP contribution is 2.41. The van der Waals surface area contributed by atoms with Gasteiger partial charge >= 0.3 is 0 Å². The van der Waals surface area contributed by atoms with Crippen LogP contribution in [0.15, 0.2) is 152 Å². The summed E-state index contributed by atoms with van der Waals surface area (Å²) in [7, 11) is 0. The smallest absolute Gasteiger partial charge is 0.0476 e. The number of nitrogens with zero attached hydrogens (tertiary/aromatic N) is 1. The van der Waals surface area contributed by atoms with Crippen molar-refractivity contribution in [2.24, 2.45) is 0 Å². The molecule has 0 saturated carbocycles. The van der Waals surface area contributed by atoms with Crippen LogP contribution in [0.4, 0.5) is 28.4 Å². The van der Waals surface area contributed by atoms with Crippen molar-refractivity contribution in [2.75, 3.05) is 10.2 Å². The summed E-state index contributed by atoms with van der Waals surface area (Å²) in [6, 6.07) is 53.8. The molecule has 0 radical (unpaired) electrons. The first-order valence-corrected chi connectivity index (χ1v) is 13.9. The van der Waals surface area contributed by atoms with Gasteiger partial charge in [-0.3, -0.25) is 0 Å². The molecule has 1 aromatic heterocycles. The van der Waals surface area contributed by atoms with Crippen LogP contribution in [0, 0.1) is 0 Å². The summed E-state index contributed by atoms with van der Waals surface area (Å²) in [6.07, 6.45) is 0. The molecule has 0 fully saturated rings. The Morgan fingerprint density at radius 1 is 0.410 bits per heavy atom. The van der Waals surface area contributed by atoms with Crippen LogP contribution in [-0.2, 0) is 0 Å². The molecule has 0 saturated heterocycles. The van der Waals surface area contributed by atoms with E-state index in [1.807, 2.05) is 17.4 Å². The Morgan fingerprint density at radius 2 is 1.03 bits per heavy atom. The third-order valence-corrected chi connectivity index (χ3v) is 8.16. The summed E-state index contributed by atoms with van der Waals surface area (Å²) in [6.45, 7) is 0. The molecule has 7 aromatic rings. The molecule has 0 amide bonds. The highest BCUT2D eigenvalue weighted by Gasteiger charge is 2.15. The van der Waals surface area contributed by atoms with Gasteiger partial charge in [-0.15, -0.1) is 11.3 Å². The van der Waals surface area contributed by atoms with E-state index in [1.165, 1.54) is 31.3 Å². The molecule has 0 bridgehead atoms. The van der Waals surface area contributed by atoms with Crippen molar-refractivity contribution in [2.45, 2.75) is 0 Å². The van der Waals surface area contributed by atoms with E-state index >= 15 is 0 Å². The van der Waals surface area contributed by atoms with Gasteiger partial charge in [0.15, 0.2) is 0 Å². The summed E-state index contributed by atoms with van der Waals surface area (Å²) in [5.74, 6) is 0. The van der Waals surface area contributed by atoms with Crippen LogP contribution in [0.2, 0.25) is 0 Å². The van der Waals surface area contributed by atoms with E-state index in [4.69, 9.17) is 0 Å². The average molecular weight is 519 g/mol. The number of rotatable bonds is 6. The van der Waals surface area contributed by atoms with Crippen molar-refractivity contribution in [3.8, 4) is 11.1 Å². The molecule has 7 rings (SSSR count). The predicted octanol–water partition coefficient (Wildman–Crippen LogP) is 10.9. The van der Waals surface area contributed by atoms with Gasteiger partial charge in [0.25, 0.3) is 0 Å². The van der Waals surface area contributed by atoms with Crippen LogP contribution in [0.3, 0.4) is 0 Å². The summed E-state index contributed by atoms with van der Waals surface area (Å²) >= 11 is 1.84. The second-order valence-corrected chi connectivity index (χ2v) is 10.7. The average Bonchev–Trinajstić information content (AvgIpc) is 3.36. The number of hydrogen-bond acceptors (Lipinski definition) is 3. The third-order valence-electron chi connectivity index (χ3n) is 7.02. The van der Waals surface area contributed by atoms with E-state index < -0.39 is 0 Å². The lowest BCUT2D eigenvalue weighted by Crippen LogP contribution is -2.09. The van der Waals surface area contributed by atoms with Crippen LogP contribution >= 0.6 is 11.3 Å². The maximum Gasteiger partial charge on any atom is 0.0476 e. The molecule has 2 nitrogen and oxygen atoms in total. The summed E-state index contributed by atoms with van der Waals surface area (Å²) in [4.78, 5) is 2.33. The largest absolute Gasteiger partial charge is 0.356 e. The van der Waals surface area contributed by atoms with Crippen LogP contribution in [-0.4, -0.2) is 0 Å². The summed E-state index contributed by atoms with van der Waals surface area (Å²) < 4.78 is 2.57. The van der Waals surface area contributed by atoms with Gasteiger partial charge in [-0.2, -0.15) is 0 Å². The van der Waals surface area contributed by atoms with Gasteiger partial charge in [0.1, 0.15) is 0 Å². The number of benzene rings is 6. The van der Waals surface area contributed by atoms with Gasteiger partial charge < -0.3 is 10.2 Å². The molecule has 0 unspecified atom stereocenters. The normalized spacial score (nSPS) is 11.1. The molecule has 0 aliphatic carbocycles. The Morgan fingerprint density at radius 3 is 1.77 bits per heavy atom. The van der Waals surface area contributed by atoms with E-state index in [-0.39, 0.29) is 0 Å². The van der Waals surface area contributed by atoms with Gasteiger partial charge in [0, 0.05) is 48.6 Å². The fourth-order valence-electron chi connectivity index (χ4n) is 5.13. The van der Waals surface area contributed by atoms with Crippen molar-refractivity contribution < 1.29 is 0 Å². The Bertz CT molecular complexity index is 1860. The molecule has 1 heterocycles. The SMILES string of the molecule is c1ccc(Nc2ccc3sc4cc(N(c5ccccc5)c5ccc(-c6ccccc6)cc5)ccc4c3c2)cc1. The molecule has 6 aromatic carbocycles. The second-order valence-electron chi connectivity index (χ2n) is 9.57. The fourth-order valence-corrected chi connectivity index (χ4v) is 6.25. The lowest BCUT2D eigenvalue weighted by molar-refractivity contribution is 1.29. The Balaban J connectivity index is 1.28. The van der Waals surface area contributed by atoms with Crippen LogP contribution < -0.4 is 10.2 Å². The number of hydrogen-bond donors (Lipinski definition) is 1. The number of thiophene rings is 1. The quantitative estimate of drug-likeness (QED) is 0.235. The summed E-state index contributed by atoms with van der Waals surface area (Å²) in [5.41, 5.74) is 8.05. The third kappa shape index (κ3) is 4.65. The molecule has 39 heavy (non-hydrogen) atoms. The second kappa shape index (κ2) is 10.1. The molecule has 0 aliphatic rings. The van der Waals surface area contributed by atoms with Crippen molar-refractivity contribution in [3.63, 3.8) is 0 Å². The number of nitrogens with one attached hydrogen (secondary N) is 1. The van der Waals surface area contributed by atoms with E-state index in [0.717, 1.165) is 28.4 Å². The predicted molar refractivity (Wildman–Crippen MR) is 169 cm³/mol. The maximum atomic E-state index is 3.54. The molecule has 0 aliphatic heterocycles. The van der Waals surface area contributed by atoms with Crippen LogP contribution in [0.1, 0.15) is 0 Å². The number of fused-ring (bicyclic) bond motifs is 3. The zero-order valence-corrected chi connectivity index (χ0v) is 22.1. The minimum Gasteiger partial charge on any atom is -0.356 e. The maximum absolute atomic E-state index is 3.54. The lowest BCUT2D eigenvalue weighted by Gasteiger charge is -2.25. The van der Waals surface area contributed by atoms with Gasteiger partial charge in [-0.25, -0.2) is 0 Å². The van der Waals surface area contributed by atoms with E-state index in [9.17, 15) is 0 Å². The highest BCUT2D eigenvalue weighted by atomic mass is 32.1. The number of anilines is 5. The van der Waals surface area contributed by atoms with Gasteiger partial charge in [-0.1, -0.05) is 84.9 Å². The Hall–Kier alpha value is -4.86. The molecular formula is C36H26N2S. The zero-order valence-electron chi connectivity index (χ0n) is 21.3. The number of para-hydroxylation sites is 2. The van der Waals surface area contributed by atoms with Crippen molar-refractivity contribution in [1.29, 1.82) is 0 Å². The van der Waals surface area contributed by atoms with E-state index in [0.29, 0.717) is 0 Å². The summed E-state index contributed by atoms with van der Waals surface area (Å²) in [5, 5.41) is 6.09. The lowest BCUT2D eigenvalue weighted by atomic mass is 10.0. The fraction of sp³-hybridized carbons (Fsp3) is 0. The van der Waals surface area contributed by atoms with Crippen molar-refractivity contribution in [3.05, 3.63) is 152 Å². The topological polar surface area (TPSA) is 15.3 Å². The van der Waals surface area contributed by atoms with Crippen LogP contribution in [0.5, 0.6) is 0 Å². The van der Waals surface area contributed by atoms with Gasteiger partial charge in [-0.05, 0) is 77.9 Å². The van der Waals surface area contributed by atoms with Gasteiger partial charge in [0.2, 0.25) is 0 Å². The molecule has 0 atom stereocenters. The molecule has 0 spiro atoms. The first-order chi connectivity index (χ1) is 19.3. The Kier molecular flexibility index (Phi) is 6.04. The minimum atomic E-state index is 1.09. The van der Waals surface area contributed by atoms with Crippen molar-refractivity contribution in [1.82, 2.24) is 0 Å². The monoisotopic (exact) mass is 518 g/mol. The molecule has 1 N–H and O–H groups in total. The molecular weight excluding hydrogens is 492 g/mol. The zero-order chi connectivity index (χ0) is 26.0. The standard InChI is InChI=1S/C36H26N2S/c1-4-10-26(11-5-1)27-16-19-31(20-17-27)38(30-14-8-3-9-15-30)32-21-22-33-34-24-29(37-28-12-6-2-7-13-28)18-23-35(34)39-36(33)25-32/h1-25,37H. The molecule has 3 heteroatoms. The first kappa shape index (κ1) is 23.3. The van der Waals surface area contributed by atoms with E-state index in [1.54, 1.807) is 0 Å². The van der Waals surface area contributed by atoms with Gasteiger partial charge in [0.05, 0.1) is 0 Å². The van der Waals surface area contributed by atoms with E-state index in [2.05, 4.69) is 156 Å². The first-order valence-electron chi connectivity index (χ1n) is 13.1. The highest BCUT2D eigenvalue weighted by molar-refractivity contribution is 7.25. The minimum absolute atomic E-state index is 1.09. The van der Waals surface area contributed by atoms with Crippen molar-refractivity contribution >= 4 is 59.9 Å². The Labute approximate surface area is 232 Å².